The van der Waals surface area contributed by atoms with Crippen molar-refractivity contribution in [2.45, 2.75) is 23.8 Å². The van der Waals surface area contributed by atoms with Gasteiger partial charge in [-0.15, -0.1) is 0 Å². The van der Waals surface area contributed by atoms with Crippen molar-refractivity contribution in [2.24, 2.45) is 0 Å². The summed E-state index contributed by atoms with van der Waals surface area (Å²) in [5.41, 5.74) is 0.672. The Bertz CT molecular complexity index is 780. The van der Waals surface area contributed by atoms with Crippen LogP contribution in [-0.2, 0) is 10.0 Å². The highest BCUT2D eigenvalue weighted by atomic mass is 32.2. The maximum atomic E-state index is 12.7. The number of hydrogen-bond donors (Lipinski definition) is 1. The number of rotatable bonds is 4. The molecule has 1 N–H and O–H groups in total. The predicted octanol–water partition coefficient (Wildman–Crippen LogP) is 1.03. The van der Waals surface area contributed by atoms with Gasteiger partial charge in [0.15, 0.2) is 0 Å². The summed E-state index contributed by atoms with van der Waals surface area (Å²) in [5, 5.41) is 13.7. The Morgan fingerprint density at radius 1 is 1.26 bits per heavy atom. The molecule has 1 saturated heterocycles. The second-order valence-corrected chi connectivity index (χ2v) is 7.37. The van der Waals surface area contributed by atoms with Gasteiger partial charge < -0.3 is 9.84 Å². The number of nitrogens with zero attached hydrogens (tertiary/aromatic N) is 3. The molecule has 2 aromatic rings. The van der Waals surface area contributed by atoms with Crippen molar-refractivity contribution in [1.29, 1.82) is 0 Å². The van der Waals surface area contributed by atoms with E-state index in [9.17, 15) is 13.5 Å². The van der Waals surface area contributed by atoms with Gasteiger partial charge in [-0.3, -0.25) is 0 Å². The van der Waals surface area contributed by atoms with E-state index in [1.54, 1.807) is 19.2 Å². The average Bonchev–Trinajstić information content (AvgIpc) is 3.06. The molecule has 0 spiro atoms. The third kappa shape index (κ3) is 3.10. The van der Waals surface area contributed by atoms with E-state index in [-0.39, 0.29) is 4.90 Å². The maximum Gasteiger partial charge on any atom is 0.246 e. The first-order valence-electron chi connectivity index (χ1n) is 7.38. The molecule has 1 aliphatic heterocycles. The van der Waals surface area contributed by atoms with Crippen molar-refractivity contribution in [3.8, 4) is 11.4 Å². The van der Waals surface area contributed by atoms with Gasteiger partial charge in [0.2, 0.25) is 10.0 Å². The standard InChI is InChI=1S/C15H19N3O4S/c1-22-15-5-3-2-4-14(15)18-11-13(10-16-18)23(20,21)17-8-6-12(19)7-9-17/h2-5,10-12,19H,6-9H2,1H3. The third-order valence-corrected chi connectivity index (χ3v) is 5.80. The fraction of sp³-hybridized carbons (Fsp3) is 0.400. The lowest BCUT2D eigenvalue weighted by atomic mass is 10.1. The molecule has 0 atom stereocenters. The number of piperidine rings is 1. The lowest BCUT2D eigenvalue weighted by molar-refractivity contribution is 0.113. The molecule has 7 nitrogen and oxygen atoms in total. The molecule has 2 heterocycles. The van der Waals surface area contributed by atoms with E-state index < -0.39 is 16.1 Å². The Morgan fingerprint density at radius 2 is 1.96 bits per heavy atom. The number of hydrogen-bond acceptors (Lipinski definition) is 5. The van der Waals surface area contributed by atoms with E-state index in [0.717, 1.165) is 0 Å². The molecule has 1 aliphatic rings. The molecule has 0 bridgehead atoms. The summed E-state index contributed by atoms with van der Waals surface area (Å²) >= 11 is 0. The van der Waals surface area contributed by atoms with Crippen molar-refractivity contribution in [3.63, 3.8) is 0 Å². The van der Waals surface area contributed by atoms with E-state index in [1.165, 1.54) is 21.4 Å². The zero-order valence-corrected chi connectivity index (χ0v) is 13.6. The van der Waals surface area contributed by atoms with Crippen LogP contribution in [-0.4, -0.2) is 53.9 Å². The van der Waals surface area contributed by atoms with E-state index in [4.69, 9.17) is 4.74 Å². The lowest BCUT2D eigenvalue weighted by Gasteiger charge is -2.28. The predicted molar refractivity (Wildman–Crippen MR) is 84.1 cm³/mol. The first kappa shape index (κ1) is 16.0. The normalized spacial score (nSPS) is 17.3. The van der Waals surface area contributed by atoms with Gasteiger partial charge in [0.25, 0.3) is 0 Å². The molecule has 0 aliphatic carbocycles. The van der Waals surface area contributed by atoms with Crippen LogP contribution in [0.1, 0.15) is 12.8 Å². The molecule has 124 valence electrons. The van der Waals surface area contributed by atoms with Crippen LogP contribution in [0.4, 0.5) is 0 Å². The van der Waals surface area contributed by atoms with Gasteiger partial charge in [0.05, 0.1) is 25.6 Å². The van der Waals surface area contributed by atoms with Crippen LogP contribution in [0.3, 0.4) is 0 Å². The van der Waals surface area contributed by atoms with Crippen LogP contribution in [0, 0.1) is 0 Å². The van der Waals surface area contributed by atoms with Gasteiger partial charge in [-0.1, -0.05) is 12.1 Å². The maximum absolute atomic E-state index is 12.7. The third-order valence-electron chi connectivity index (χ3n) is 3.95. The zero-order valence-electron chi connectivity index (χ0n) is 12.8. The Hall–Kier alpha value is -1.90. The van der Waals surface area contributed by atoms with Crippen LogP contribution in [0.15, 0.2) is 41.6 Å². The molecule has 1 aromatic heterocycles. The molecule has 8 heteroatoms. The minimum atomic E-state index is -3.59. The number of aliphatic hydroxyl groups excluding tert-OH is 1. The van der Waals surface area contributed by atoms with Crippen LogP contribution in [0.2, 0.25) is 0 Å². The van der Waals surface area contributed by atoms with Crippen LogP contribution < -0.4 is 4.74 Å². The van der Waals surface area contributed by atoms with Gasteiger partial charge in [0, 0.05) is 13.1 Å². The summed E-state index contributed by atoms with van der Waals surface area (Å²) in [6.07, 6.45) is 3.32. The van der Waals surface area contributed by atoms with Crippen LogP contribution >= 0.6 is 0 Å². The number of ether oxygens (including phenoxy) is 1. The summed E-state index contributed by atoms with van der Waals surface area (Å²) in [6, 6.07) is 7.26. The number of aromatic nitrogens is 2. The second-order valence-electron chi connectivity index (χ2n) is 5.43. The fourth-order valence-electron chi connectivity index (χ4n) is 2.62. The smallest absolute Gasteiger partial charge is 0.246 e. The summed E-state index contributed by atoms with van der Waals surface area (Å²) in [5.74, 6) is 0.612. The van der Waals surface area contributed by atoms with Crippen LogP contribution in [0.5, 0.6) is 5.75 Å². The van der Waals surface area contributed by atoms with Gasteiger partial charge >= 0.3 is 0 Å². The number of methoxy groups -OCH3 is 1. The molecular formula is C15H19N3O4S. The molecule has 0 unspecified atom stereocenters. The monoisotopic (exact) mass is 337 g/mol. The Kier molecular flexibility index (Phi) is 4.38. The van der Waals surface area contributed by atoms with E-state index in [0.29, 0.717) is 37.4 Å². The minimum Gasteiger partial charge on any atom is -0.494 e. The first-order valence-corrected chi connectivity index (χ1v) is 8.82. The summed E-state index contributed by atoms with van der Waals surface area (Å²) in [7, 11) is -2.04. The van der Waals surface area contributed by atoms with Crippen molar-refractivity contribution in [2.75, 3.05) is 20.2 Å². The molecule has 0 saturated carbocycles. The Balaban J connectivity index is 1.89. The SMILES string of the molecule is COc1ccccc1-n1cc(S(=O)(=O)N2CCC(O)CC2)cn1. The second kappa shape index (κ2) is 6.31. The molecule has 0 radical (unpaired) electrons. The molecular weight excluding hydrogens is 318 g/mol. The van der Waals surface area contributed by atoms with E-state index in [2.05, 4.69) is 5.10 Å². The van der Waals surface area contributed by atoms with E-state index in [1.807, 2.05) is 12.1 Å². The van der Waals surface area contributed by atoms with Crippen molar-refractivity contribution >= 4 is 10.0 Å². The lowest BCUT2D eigenvalue weighted by Crippen LogP contribution is -2.39. The number of aliphatic hydroxyl groups is 1. The Labute approximate surface area is 135 Å². The number of para-hydroxylation sites is 2. The van der Waals surface area contributed by atoms with Crippen LogP contribution in [0.25, 0.3) is 5.69 Å². The minimum absolute atomic E-state index is 0.139. The van der Waals surface area contributed by atoms with Gasteiger partial charge in [-0.05, 0) is 25.0 Å². The molecule has 3 rings (SSSR count). The molecule has 23 heavy (non-hydrogen) atoms. The van der Waals surface area contributed by atoms with Crippen molar-refractivity contribution < 1.29 is 18.3 Å². The topological polar surface area (TPSA) is 84.7 Å². The van der Waals surface area contributed by atoms with Gasteiger partial charge in [0.1, 0.15) is 16.3 Å². The summed E-state index contributed by atoms with van der Waals surface area (Å²) in [6.45, 7) is 0.646. The zero-order chi connectivity index (χ0) is 16.4. The van der Waals surface area contributed by atoms with Gasteiger partial charge in [-0.25, -0.2) is 13.1 Å². The quantitative estimate of drug-likeness (QED) is 0.901. The number of benzene rings is 1. The molecule has 1 aromatic carbocycles. The molecule has 0 amide bonds. The Morgan fingerprint density at radius 3 is 2.65 bits per heavy atom. The van der Waals surface area contributed by atoms with Gasteiger partial charge in [-0.2, -0.15) is 9.40 Å². The summed E-state index contributed by atoms with van der Waals surface area (Å²) < 4.78 is 33.5. The average molecular weight is 337 g/mol. The molecule has 1 fully saturated rings. The largest absolute Gasteiger partial charge is 0.494 e. The fourth-order valence-corrected chi connectivity index (χ4v) is 4.02. The summed E-state index contributed by atoms with van der Waals surface area (Å²) in [4.78, 5) is 0.139. The highest BCUT2D eigenvalue weighted by molar-refractivity contribution is 7.89. The van der Waals surface area contributed by atoms with Crippen molar-refractivity contribution in [1.82, 2.24) is 14.1 Å². The van der Waals surface area contributed by atoms with Crippen molar-refractivity contribution in [3.05, 3.63) is 36.7 Å². The first-order chi connectivity index (χ1) is 11.0. The van der Waals surface area contributed by atoms with E-state index >= 15 is 0 Å². The number of sulfonamides is 1. The highest BCUT2D eigenvalue weighted by Crippen LogP contribution is 2.25. The highest BCUT2D eigenvalue weighted by Gasteiger charge is 2.29.